The number of nitrogens with zero attached hydrogens (tertiary/aromatic N) is 3. The molecule has 2 amide bonds. The van der Waals surface area contributed by atoms with E-state index in [2.05, 4.69) is 5.32 Å². The topological polar surface area (TPSA) is 110 Å². The van der Waals surface area contributed by atoms with Crippen LogP contribution in [0.3, 0.4) is 0 Å². The van der Waals surface area contributed by atoms with E-state index in [0.29, 0.717) is 22.0 Å². The molecule has 0 radical (unpaired) electrons. The lowest BCUT2D eigenvalue weighted by molar-refractivity contribution is -0.112. The molecule has 0 saturated heterocycles. The van der Waals surface area contributed by atoms with E-state index in [1.54, 1.807) is 40.1 Å². The highest BCUT2D eigenvalue weighted by molar-refractivity contribution is 7.18. The summed E-state index contributed by atoms with van der Waals surface area (Å²) >= 11 is 1.01. The standard InChI is InChI=1S/C18H16N4O3S/c1-10-5-6-13(25-10)7-12(8-19)16(23)21-17-14(9-20)11(2)15(26-17)18(24)22(3)4/h5-7H,1-4H3,(H,21,23)/b12-7+. The molecule has 26 heavy (non-hydrogen) atoms. The van der Waals surface area contributed by atoms with Crippen molar-refractivity contribution >= 4 is 34.2 Å². The van der Waals surface area contributed by atoms with Crippen molar-refractivity contribution in [3.63, 3.8) is 0 Å². The number of hydrogen-bond acceptors (Lipinski definition) is 6. The van der Waals surface area contributed by atoms with Crippen molar-refractivity contribution in [3.05, 3.63) is 45.2 Å². The number of carbonyl (C=O) groups excluding carboxylic acids is 2. The van der Waals surface area contributed by atoms with Gasteiger partial charge in [-0.05, 0) is 31.5 Å². The van der Waals surface area contributed by atoms with Crippen LogP contribution in [0, 0.1) is 36.5 Å². The Hall–Kier alpha value is -3.36. The highest BCUT2D eigenvalue weighted by Gasteiger charge is 2.23. The number of amides is 2. The summed E-state index contributed by atoms with van der Waals surface area (Å²) in [7, 11) is 3.21. The third-order valence-electron chi connectivity index (χ3n) is 3.50. The Morgan fingerprint density at radius 2 is 1.96 bits per heavy atom. The summed E-state index contributed by atoms with van der Waals surface area (Å²) in [6.45, 7) is 3.40. The minimum Gasteiger partial charge on any atom is -0.462 e. The fourth-order valence-electron chi connectivity index (χ4n) is 2.14. The van der Waals surface area contributed by atoms with Crippen molar-refractivity contribution in [1.82, 2.24) is 4.90 Å². The van der Waals surface area contributed by atoms with Crippen LogP contribution in [0.5, 0.6) is 0 Å². The van der Waals surface area contributed by atoms with Crippen molar-refractivity contribution in [3.8, 4) is 12.1 Å². The molecule has 8 heteroatoms. The number of aryl methyl sites for hydroxylation is 1. The molecule has 0 aliphatic heterocycles. The van der Waals surface area contributed by atoms with Crippen molar-refractivity contribution in [1.29, 1.82) is 10.5 Å². The average molecular weight is 368 g/mol. The number of rotatable bonds is 4. The van der Waals surface area contributed by atoms with Gasteiger partial charge in [-0.25, -0.2) is 0 Å². The lowest BCUT2D eigenvalue weighted by Gasteiger charge is -2.08. The Morgan fingerprint density at radius 3 is 2.46 bits per heavy atom. The monoisotopic (exact) mass is 368 g/mol. The molecular weight excluding hydrogens is 352 g/mol. The molecular formula is C18H16N4O3S. The molecule has 2 heterocycles. The number of nitrogens with one attached hydrogen (secondary N) is 1. The minimum atomic E-state index is -0.678. The first-order valence-corrected chi connectivity index (χ1v) is 8.34. The Labute approximate surface area is 154 Å². The first-order chi connectivity index (χ1) is 12.3. The smallest absolute Gasteiger partial charge is 0.267 e. The predicted octanol–water partition coefficient (Wildman–Crippen LogP) is 3.08. The van der Waals surface area contributed by atoms with Crippen molar-refractivity contribution < 1.29 is 14.0 Å². The van der Waals surface area contributed by atoms with Crippen molar-refractivity contribution in [2.24, 2.45) is 0 Å². The first-order valence-electron chi connectivity index (χ1n) is 7.53. The maximum atomic E-state index is 12.4. The Morgan fingerprint density at radius 1 is 1.27 bits per heavy atom. The Balaban J connectivity index is 2.35. The zero-order valence-electron chi connectivity index (χ0n) is 14.7. The van der Waals surface area contributed by atoms with Crippen LogP contribution in [0.2, 0.25) is 0 Å². The summed E-state index contributed by atoms with van der Waals surface area (Å²) in [4.78, 5) is 26.4. The van der Waals surface area contributed by atoms with E-state index in [1.165, 1.54) is 11.0 Å². The van der Waals surface area contributed by atoms with E-state index < -0.39 is 5.91 Å². The van der Waals surface area contributed by atoms with Crippen LogP contribution < -0.4 is 5.32 Å². The van der Waals surface area contributed by atoms with E-state index in [-0.39, 0.29) is 22.0 Å². The molecule has 0 aromatic carbocycles. The summed E-state index contributed by atoms with van der Waals surface area (Å²) in [5, 5.41) is 21.4. The molecule has 0 unspecified atom stereocenters. The average Bonchev–Trinajstić information content (AvgIpc) is 3.14. The van der Waals surface area contributed by atoms with Crippen LogP contribution >= 0.6 is 11.3 Å². The number of carbonyl (C=O) groups is 2. The number of hydrogen-bond donors (Lipinski definition) is 1. The zero-order valence-corrected chi connectivity index (χ0v) is 15.5. The van der Waals surface area contributed by atoms with E-state index in [0.717, 1.165) is 11.3 Å². The summed E-state index contributed by atoms with van der Waals surface area (Å²) in [5.41, 5.74) is 0.533. The van der Waals surface area contributed by atoms with E-state index in [4.69, 9.17) is 4.42 Å². The molecule has 0 atom stereocenters. The lowest BCUT2D eigenvalue weighted by atomic mass is 10.1. The van der Waals surface area contributed by atoms with Crippen molar-refractivity contribution in [2.75, 3.05) is 19.4 Å². The van der Waals surface area contributed by atoms with Gasteiger partial charge in [0.25, 0.3) is 11.8 Å². The minimum absolute atomic E-state index is 0.172. The van der Waals surface area contributed by atoms with Crippen LogP contribution in [0.25, 0.3) is 6.08 Å². The lowest BCUT2D eigenvalue weighted by Crippen LogP contribution is -2.21. The van der Waals surface area contributed by atoms with E-state index in [9.17, 15) is 20.1 Å². The molecule has 132 valence electrons. The third-order valence-corrected chi connectivity index (χ3v) is 4.69. The maximum absolute atomic E-state index is 12.4. The molecule has 0 spiro atoms. The van der Waals surface area contributed by atoms with Gasteiger partial charge in [-0.1, -0.05) is 0 Å². The van der Waals surface area contributed by atoms with Crippen LogP contribution in [-0.4, -0.2) is 30.8 Å². The van der Waals surface area contributed by atoms with Gasteiger partial charge < -0.3 is 14.6 Å². The van der Waals surface area contributed by atoms with Crippen molar-refractivity contribution in [2.45, 2.75) is 13.8 Å². The van der Waals surface area contributed by atoms with Crippen LogP contribution in [0.1, 0.15) is 32.3 Å². The highest BCUT2D eigenvalue weighted by atomic mass is 32.1. The molecule has 2 aromatic rings. The molecule has 0 fully saturated rings. The summed E-state index contributed by atoms with van der Waals surface area (Å²) in [6.07, 6.45) is 1.32. The number of nitriles is 2. The predicted molar refractivity (Wildman–Crippen MR) is 97.5 cm³/mol. The second-order valence-corrected chi connectivity index (χ2v) is 6.66. The molecule has 7 nitrogen and oxygen atoms in total. The summed E-state index contributed by atoms with van der Waals surface area (Å²) in [5.74, 6) is 0.0942. The van der Waals surface area contributed by atoms with Gasteiger partial charge in [0.1, 0.15) is 34.2 Å². The highest BCUT2D eigenvalue weighted by Crippen LogP contribution is 2.33. The second kappa shape index (κ2) is 7.68. The van der Waals surface area contributed by atoms with E-state index >= 15 is 0 Å². The molecule has 2 aromatic heterocycles. The van der Waals surface area contributed by atoms with Gasteiger partial charge in [0, 0.05) is 20.2 Å². The van der Waals surface area contributed by atoms with Crippen LogP contribution in [0.15, 0.2) is 22.1 Å². The Kier molecular flexibility index (Phi) is 5.61. The van der Waals surface area contributed by atoms with Crippen LogP contribution in [-0.2, 0) is 4.79 Å². The number of furan rings is 1. The number of anilines is 1. The maximum Gasteiger partial charge on any atom is 0.267 e. The fourth-order valence-corrected chi connectivity index (χ4v) is 3.31. The van der Waals surface area contributed by atoms with Gasteiger partial charge in [-0.15, -0.1) is 11.3 Å². The second-order valence-electron chi connectivity index (χ2n) is 5.64. The van der Waals surface area contributed by atoms with Gasteiger partial charge in [-0.2, -0.15) is 10.5 Å². The van der Waals surface area contributed by atoms with Crippen LogP contribution in [0.4, 0.5) is 5.00 Å². The van der Waals surface area contributed by atoms with E-state index in [1.807, 2.05) is 12.1 Å². The molecule has 2 rings (SSSR count). The quantitative estimate of drug-likeness (QED) is 0.659. The molecule has 0 saturated carbocycles. The van der Waals surface area contributed by atoms with Gasteiger partial charge in [0.05, 0.1) is 10.4 Å². The molecule has 0 bridgehead atoms. The summed E-state index contributed by atoms with van der Waals surface area (Å²) < 4.78 is 5.33. The van der Waals surface area contributed by atoms with Gasteiger partial charge in [0.2, 0.25) is 0 Å². The van der Waals surface area contributed by atoms with Gasteiger partial charge in [0.15, 0.2) is 0 Å². The third kappa shape index (κ3) is 3.82. The largest absolute Gasteiger partial charge is 0.462 e. The molecule has 0 aliphatic rings. The Bertz CT molecular complexity index is 983. The normalized spacial score (nSPS) is 10.8. The SMILES string of the molecule is Cc1ccc(/C=C(\C#N)C(=O)Nc2sc(C(=O)N(C)C)c(C)c2C#N)o1. The first kappa shape index (κ1) is 19.0. The summed E-state index contributed by atoms with van der Waals surface area (Å²) in [6, 6.07) is 7.17. The number of thiophene rings is 1. The van der Waals surface area contributed by atoms with Gasteiger partial charge in [-0.3, -0.25) is 9.59 Å². The van der Waals surface area contributed by atoms with Gasteiger partial charge >= 0.3 is 0 Å². The fraction of sp³-hybridized carbons (Fsp3) is 0.222. The zero-order chi connectivity index (χ0) is 19.4. The molecule has 1 N–H and O–H groups in total. The molecule has 0 aliphatic carbocycles.